The fourth-order valence-corrected chi connectivity index (χ4v) is 3.00. The van der Waals surface area contributed by atoms with Gasteiger partial charge in [0.15, 0.2) is 0 Å². The molecule has 1 atom stereocenters. The zero-order valence-corrected chi connectivity index (χ0v) is 14.9. The molecule has 0 aromatic carbocycles. The first-order valence-electron chi connectivity index (χ1n) is 9.27. The highest BCUT2D eigenvalue weighted by Gasteiger charge is 2.25. The summed E-state index contributed by atoms with van der Waals surface area (Å²) in [5.74, 6) is 0.681. The number of esters is 1. The van der Waals surface area contributed by atoms with E-state index in [1.165, 1.54) is 58.3 Å². The SMILES string of the molecule is CCCCCCCCCCCC1=NC(OC(C)=O)CN1CCO. The van der Waals surface area contributed by atoms with E-state index in [0.29, 0.717) is 13.1 Å². The van der Waals surface area contributed by atoms with Gasteiger partial charge in [0.05, 0.1) is 13.2 Å². The van der Waals surface area contributed by atoms with Crippen molar-refractivity contribution in [2.24, 2.45) is 4.99 Å². The molecule has 23 heavy (non-hydrogen) atoms. The minimum Gasteiger partial charge on any atom is -0.438 e. The highest BCUT2D eigenvalue weighted by atomic mass is 16.6. The van der Waals surface area contributed by atoms with Gasteiger partial charge in [0.1, 0.15) is 5.84 Å². The second-order valence-electron chi connectivity index (χ2n) is 6.36. The Balaban J connectivity index is 2.16. The molecule has 0 aliphatic carbocycles. The number of amidine groups is 1. The highest BCUT2D eigenvalue weighted by Crippen LogP contribution is 2.16. The summed E-state index contributed by atoms with van der Waals surface area (Å²) in [5.41, 5.74) is 0. The normalized spacial score (nSPS) is 17.4. The summed E-state index contributed by atoms with van der Waals surface area (Å²) in [7, 11) is 0. The number of nitrogens with zero attached hydrogens (tertiary/aromatic N) is 2. The number of rotatable bonds is 13. The number of carbonyl (C=O) groups excluding carboxylic acids is 1. The van der Waals surface area contributed by atoms with E-state index < -0.39 is 6.23 Å². The first-order chi connectivity index (χ1) is 11.2. The van der Waals surface area contributed by atoms with Crippen LogP contribution in [0.1, 0.15) is 78.1 Å². The van der Waals surface area contributed by atoms with E-state index in [0.717, 1.165) is 18.7 Å². The van der Waals surface area contributed by atoms with Crippen LogP contribution in [-0.2, 0) is 9.53 Å². The predicted octanol–water partition coefficient (Wildman–Crippen LogP) is 3.50. The average Bonchev–Trinajstić information content (AvgIpc) is 2.87. The van der Waals surface area contributed by atoms with Crippen molar-refractivity contribution in [1.29, 1.82) is 0 Å². The van der Waals surface area contributed by atoms with E-state index in [1.54, 1.807) is 0 Å². The number of aliphatic hydroxyl groups excluding tert-OH is 1. The maximum absolute atomic E-state index is 11.0. The van der Waals surface area contributed by atoms with Gasteiger partial charge >= 0.3 is 5.97 Å². The molecule has 1 aliphatic heterocycles. The molecule has 0 saturated heterocycles. The molecule has 0 spiro atoms. The lowest BCUT2D eigenvalue weighted by atomic mass is 10.1. The third-order valence-electron chi connectivity index (χ3n) is 4.21. The van der Waals surface area contributed by atoms with Crippen LogP contribution >= 0.6 is 0 Å². The van der Waals surface area contributed by atoms with Crippen molar-refractivity contribution in [3.05, 3.63) is 0 Å². The molecule has 0 saturated carbocycles. The standard InChI is InChI=1S/C18H34N2O3/c1-3-4-5-6-7-8-9-10-11-12-17-19-18(23-16(2)22)15-20(17)13-14-21/h18,21H,3-15H2,1-2H3. The van der Waals surface area contributed by atoms with E-state index in [1.807, 2.05) is 4.90 Å². The Labute approximate surface area is 141 Å². The minimum absolute atomic E-state index is 0.101. The summed E-state index contributed by atoms with van der Waals surface area (Å²) in [6.07, 6.45) is 12.2. The van der Waals surface area contributed by atoms with Crippen molar-refractivity contribution in [2.75, 3.05) is 19.7 Å². The number of β-amino-alcohol motifs (C(OH)–C–C–N with tert-alkyl or cyclic N) is 1. The molecule has 0 radical (unpaired) electrons. The minimum atomic E-state index is -0.396. The molecule has 0 amide bonds. The van der Waals surface area contributed by atoms with Crippen LogP contribution in [0.4, 0.5) is 0 Å². The van der Waals surface area contributed by atoms with Crippen LogP contribution in [0.15, 0.2) is 4.99 Å². The lowest BCUT2D eigenvalue weighted by Crippen LogP contribution is -2.32. The Bertz CT molecular complexity index is 358. The van der Waals surface area contributed by atoms with Crippen molar-refractivity contribution in [3.63, 3.8) is 0 Å². The van der Waals surface area contributed by atoms with E-state index >= 15 is 0 Å². The molecule has 5 heteroatoms. The van der Waals surface area contributed by atoms with Crippen LogP contribution in [0.3, 0.4) is 0 Å². The quantitative estimate of drug-likeness (QED) is 0.415. The summed E-state index contributed by atoms with van der Waals surface area (Å²) in [6, 6.07) is 0. The van der Waals surface area contributed by atoms with Gasteiger partial charge in [0.2, 0.25) is 6.23 Å². The molecule has 1 unspecified atom stereocenters. The summed E-state index contributed by atoms with van der Waals surface area (Å²) in [4.78, 5) is 17.6. The van der Waals surface area contributed by atoms with Gasteiger partial charge in [-0.25, -0.2) is 4.99 Å². The fraction of sp³-hybridized carbons (Fsp3) is 0.889. The molecular formula is C18H34N2O3. The maximum Gasteiger partial charge on any atom is 0.304 e. The largest absolute Gasteiger partial charge is 0.438 e. The zero-order chi connectivity index (χ0) is 16.9. The third kappa shape index (κ3) is 8.94. The Kier molecular flexibility index (Phi) is 10.7. The van der Waals surface area contributed by atoms with Gasteiger partial charge in [-0.15, -0.1) is 0 Å². The number of aliphatic hydroxyl groups is 1. The molecule has 0 bridgehead atoms. The second-order valence-corrected chi connectivity index (χ2v) is 6.36. The third-order valence-corrected chi connectivity index (χ3v) is 4.21. The number of hydrogen-bond donors (Lipinski definition) is 1. The second kappa shape index (κ2) is 12.3. The molecule has 1 rings (SSSR count). The van der Waals surface area contributed by atoms with E-state index in [9.17, 15) is 4.79 Å². The van der Waals surface area contributed by atoms with Gasteiger partial charge < -0.3 is 14.7 Å². The van der Waals surface area contributed by atoms with Crippen LogP contribution in [0.25, 0.3) is 0 Å². The summed E-state index contributed by atoms with van der Waals surface area (Å²) in [5, 5.41) is 9.14. The van der Waals surface area contributed by atoms with Crippen LogP contribution in [0.2, 0.25) is 0 Å². The summed E-state index contributed by atoms with van der Waals surface area (Å²) in [6.45, 7) is 4.90. The monoisotopic (exact) mass is 326 g/mol. The molecular weight excluding hydrogens is 292 g/mol. The predicted molar refractivity (Wildman–Crippen MR) is 93.5 cm³/mol. The number of aliphatic imine (C=N–C) groups is 1. The lowest BCUT2D eigenvalue weighted by molar-refractivity contribution is -0.145. The zero-order valence-electron chi connectivity index (χ0n) is 14.9. The highest BCUT2D eigenvalue weighted by molar-refractivity contribution is 5.84. The van der Waals surface area contributed by atoms with Crippen molar-refractivity contribution >= 4 is 11.8 Å². The average molecular weight is 326 g/mol. The Hall–Kier alpha value is -1.10. The summed E-state index contributed by atoms with van der Waals surface area (Å²) >= 11 is 0. The number of ether oxygens (including phenoxy) is 1. The van der Waals surface area contributed by atoms with E-state index in [-0.39, 0.29) is 12.6 Å². The Morgan fingerprint density at radius 3 is 2.35 bits per heavy atom. The molecule has 5 nitrogen and oxygen atoms in total. The van der Waals surface area contributed by atoms with E-state index in [4.69, 9.17) is 9.84 Å². The van der Waals surface area contributed by atoms with Crippen LogP contribution < -0.4 is 0 Å². The van der Waals surface area contributed by atoms with Gasteiger partial charge in [-0.1, -0.05) is 58.3 Å². The van der Waals surface area contributed by atoms with Crippen molar-refractivity contribution < 1.29 is 14.6 Å². The molecule has 0 aromatic heterocycles. The molecule has 134 valence electrons. The fourth-order valence-electron chi connectivity index (χ4n) is 3.00. The van der Waals surface area contributed by atoms with Gasteiger partial charge in [0.25, 0.3) is 0 Å². The Morgan fingerprint density at radius 2 is 1.78 bits per heavy atom. The van der Waals surface area contributed by atoms with Gasteiger partial charge in [0, 0.05) is 19.9 Å². The van der Waals surface area contributed by atoms with Gasteiger partial charge in [-0.3, -0.25) is 4.79 Å². The van der Waals surface area contributed by atoms with Crippen molar-refractivity contribution in [1.82, 2.24) is 4.90 Å². The van der Waals surface area contributed by atoms with Gasteiger partial charge in [-0.05, 0) is 6.42 Å². The molecule has 1 heterocycles. The van der Waals surface area contributed by atoms with Crippen LogP contribution in [-0.4, -0.2) is 47.7 Å². The van der Waals surface area contributed by atoms with E-state index in [2.05, 4.69) is 11.9 Å². The molecule has 0 aromatic rings. The lowest BCUT2D eigenvalue weighted by Gasteiger charge is -2.19. The first kappa shape index (κ1) is 19.9. The Morgan fingerprint density at radius 1 is 1.17 bits per heavy atom. The number of carbonyl (C=O) groups is 1. The topological polar surface area (TPSA) is 62.1 Å². The van der Waals surface area contributed by atoms with Crippen molar-refractivity contribution in [2.45, 2.75) is 84.3 Å². The van der Waals surface area contributed by atoms with Crippen LogP contribution in [0, 0.1) is 0 Å². The number of hydrogen-bond acceptors (Lipinski definition) is 5. The van der Waals surface area contributed by atoms with Crippen molar-refractivity contribution in [3.8, 4) is 0 Å². The summed E-state index contributed by atoms with van der Waals surface area (Å²) < 4.78 is 5.16. The molecule has 1 aliphatic rings. The number of unbranched alkanes of at least 4 members (excludes halogenated alkanes) is 8. The maximum atomic E-state index is 11.0. The van der Waals surface area contributed by atoms with Crippen LogP contribution in [0.5, 0.6) is 0 Å². The molecule has 0 fully saturated rings. The smallest absolute Gasteiger partial charge is 0.304 e. The molecule has 1 N–H and O–H groups in total. The first-order valence-corrected chi connectivity index (χ1v) is 9.27. The van der Waals surface area contributed by atoms with Gasteiger partial charge in [-0.2, -0.15) is 0 Å².